The van der Waals surface area contributed by atoms with Crippen LogP contribution in [0.5, 0.6) is 23.0 Å². The summed E-state index contributed by atoms with van der Waals surface area (Å²) < 4.78 is 217. The van der Waals surface area contributed by atoms with Crippen LogP contribution in [0.4, 0.5) is 125 Å². The number of aromatic nitrogens is 6. The second-order valence-electron chi connectivity index (χ2n) is 27.9. The number of carbonyl (C=O) groups excluding carboxylic acids is 5. The van der Waals surface area contributed by atoms with Gasteiger partial charge in [-0.1, -0.05) is 54.6 Å². The molecule has 0 aliphatic carbocycles. The number of halogens is 13. The van der Waals surface area contributed by atoms with Crippen LogP contribution < -0.4 is 61.9 Å². The molecule has 128 heavy (non-hydrogen) atoms. The summed E-state index contributed by atoms with van der Waals surface area (Å²) in [6, 6.07) is 35.5. The molecular formula is C84H100ClF12N19O11S. The summed E-state index contributed by atoms with van der Waals surface area (Å²) in [6.07, 6.45) is 4.95. The lowest BCUT2D eigenvalue weighted by molar-refractivity contribution is -0.384. The number of nitrogens with zero attached hydrogens (tertiary/aromatic N) is 11. The molecule has 0 bridgehead atoms. The Bertz CT molecular complexity index is 5350. The van der Waals surface area contributed by atoms with Gasteiger partial charge >= 0.3 is 49.7 Å². The number of amides is 6. The van der Waals surface area contributed by atoms with Crippen molar-refractivity contribution in [2.75, 3.05) is 104 Å². The molecule has 3 aliphatic heterocycles. The van der Waals surface area contributed by atoms with Gasteiger partial charge in [0.05, 0.1) is 4.92 Å². The Hall–Kier alpha value is -13.6. The fourth-order valence-corrected chi connectivity index (χ4v) is 12.2. The lowest BCUT2D eigenvalue weighted by Crippen LogP contribution is -2.59. The van der Waals surface area contributed by atoms with E-state index in [0.29, 0.717) is 83.2 Å². The number of alkyl halides is 12. The van der Waals surface area contributed by atoms with Crippen LogP contribution in [0.2, 0.25) is 0 Å². The number of benzene rings is 7. The average molecular weight is 1860 g/mol. The normalized spacial score (nSPS) is 15.1. The van der Waals surface area contributed by atoms with Crippen LogP contribution in [-0.2, 0) is 9.59 Å². The summed E-state index contributed by atoms with van der Waals surface area (Å²) in [5.41, 5.74) is 15.6. The number of urea groups is 2. The van der Waals surface area contributed by atoms with E-state index >= 15 is 0 Å². The van der Waals surface area contributed by atoms with Crippen LogP contribution in [0.1, 0.15) is 53.7 Å². The molecule has 7 aromatic carbocycles. The first-order chi connectivity index (χ1) is 65.7. The Morgan fingerprint density at radius 2 is 0.898 bits per heavy atom. The lowest BCUT2D eigenvalue weighted by atomic mass is 10.1. The number of non-ortho nitro benzene ring substituents is 1. The molecule has 3 saturated heterocycles. The zero-order valence-corrected chi connectivity index (χ0v) is 71.1. The first-order valence-corrected chi connectivity index (χ1v) is 40.5. The first kappa shape index (κ1) is 92.1. The van der Waals surface area contributed by atoms with E-state index in [1.165, 1.54) is 67.6 Å². The van der Waals surface area contributed by atoms with E-state index in [-0.39, 0.29) is 80.2 Å². The third-order valence-electron chi connectivity index (χ3n) is 18.6. The number of hydrogen-bond donors (Lipinski definition) is 8. The van der Waals surface area contributed by atoms with E-state index in [1.807, 2.05) is 69.7 Å². The summed E-state index contributed by atoms with van der Waals surface area (Å²) in [5, 5.41) is 30.0. The Labute approximate surface area is 752 Å². The largest absolute Gasteiger partial charge is 0.435 e. The number of anilines is 9. The number of nitrogens with one attached hydrogen (secondary N) is 7. The van der Waals surface area contributed by atoms with Crippen molar-refractivity contribution in [3.8, 4) is 56.4 Å². The van der Waals surface area contributed by atoms with Crippen molar-refractivity contribution in [1.29, 1.82) is 0 Å². The van der Waals surface area contributed by atoms with Gasteiger partial charge < -0.3 is 81.5 Å². The fraction of sp³-hybridized carbons (Fsp3) is 0.298. The number of ether oxygens (including phenoxy) is 4. The Morgan fingerprint density at radius 3 is 1.23 bits per heavy atom. The second-order valence-corrected chi connectivity index (χ2v) is 29.1. The number of thioether (sulfide) groups is 1. The van der Waals surface area contributed by atoms with Crippen LogP contribution >= 0.6 is 23.4 Å². The van der Waals surface area contributed by atoms with Crippen LogP contribution in [0.3, 0.4) is 0 Å². The molecule has 10 aromatic rings. The summed E-state index contributed by atoms with van der Waals surface area (Å²) in [4.78, 5) is 99.1. The Kier molecular flexibility index (Phi) is 34.3. The van der Waals surface area contributed by atoms with Gasteiger partial charge in [0.25, 0.3) is 5.69 Å². The molecule has 3 atom stereocenters. The summed E-state index contributed by atoms with van der Waals surface area (Å²) in [5.74, 6) is 0.934. The number of piperazine rings is 3. The monoisotopic (exact) mass is 1860 g/mol. The minimum absolute atomic E-state index is 0. The molecule has 3 aromatic heterocycles. The van der Waals surface area contributed by atoms with Gasteiger partial charge in [0, 0.05) is 207 Å². The van der Waals surface area contributed by atoms with E-state index in [2.05, 4.69) is 86.1 Å². The van der Waals surface area contributed by atoms with Crippen molar-refractivity contribution in [2.45, 2.75) is 91.9 Å². The van der Waals surface area contributed by atoms with Gasteiger partial charge in [-0.25, -0.2) is 44.3 Å². The number of nitrogen functional groups attached to an aromatic ring is 1. The van der Waals surface area contributed by atoms with Gasteiger partial charge in [-0.15, -0.1) is 0 Å². The molecule has 0 saturated carbocycles. The van der Waals surface area contributed by atoms with Gasteiger partial charge in [-0.3, -0.25) is 19.7 Å². The number of carbonyl (C=O) groups is 5. The van der Waals surface area contributed by atoms with Crippen molar-refractivity contribution in [1.82, 2.24) is 60.1 Å². The molecule has 3 unspecified atom stereocenters. The molecule has 0 spiro atoms. The highest BCUT2D eigenvalue weighted by Gasteiger charge is 2.46. The molecule has 30 nitrogen and oxygen atoms in total. The molecule has 3 fully saturated rings. The van der Waals surface area contributed by atoms with E-state index in [9.17, 15) is 86.8 Å². The van der Waals surface area contributed by atoms with Gasteiger partial charge in [-0.05, 0) is 159 Å². The maximum Gasteiger partial charge on any atom is 0.410 e. The Balaban J connectivity index is 0.000000597. The highest BCUT2D eigenvalue weighted by molar-refractivity contribution is 7.97. The maximum absolute atomic E-state index is 13.0. The molecule has 9 N–H and O–H groups in total. The summed E-state index contributed by atoms with van der Waals surface area (Å²) in [7, 11) is 0. The van der Waals surface area contributed by atoms with Gasteiger partial charge in [0.15, 0.2) is 0 Å². The van der Waals surface area contributed by atoms with Crippen LogP contribution in [0.25, 0.3) is 33.4 Å². The topological polar surface area (TPSA) is 366 Å². The maximum atomic E-state index is 13.0. The van der Waals surface area contributed by atoms with E-state index in [4.69, 9.17) is 32.2 Å². The van der Waals surface area contributed by atoms with E-state index in [1.54, 1.807) is 120 Å². The standard InChI is InChI=1S/C26H28F2N6O3.C24H23F5N6O2.C18H16F2N4O.C7H4ClNO4.C7H11F3N2O.C2H6S.6H2/c1-16-4-7-21(12-23(16)32-26(36)33-10-11-34(18(3)35)17(2)15-33)31-25-29-13-20(14-30-25)19-5-8-22(9-6-19)37-24(27)28;1-14-2-5-17(10-19(14)34-23(36)35-9-8-30-20(13-35)24(27,28)29)33-22-31-11-16(12-32-22)15-3-6-18(7-4-15)37-21(25)26;1-11-2-5-14(8-16(11)21)24-18-22-9-13(10-23-18)12-3-6-15(7-4-12)25-17(19)20;8-7(10)13-6-3-1-5(2-4-6)9(11)12;1-5(13)12-3-2-11-4-6(12)7(8,9)10;1-3-2;;;;;;/h4-9,12-14,17,24H,10-11,15H2,1-3H3,(H,32,36)(H,29,30,31);2-7,10-12,20-21,30H,8-9,13H2,1H3,(H,34,36)(H,31,32,33);2-10,17H,21H2,1H3,(H,22,23,24);1-4H;6,11H,2-4H2,1H3;1-2H3;6*1H/i;;;;;;5*1+1D;1+1. The van der Waals surface area contributed by atoms with Crippen molar-refractivity contribution in [3.63, 3.8) is 0 Å². The number of nitrogens with two attached hydrogens (primary N) is 1. The molecule has 13 rings (SSSR count). The second kappa shape index (κ2) is 47.7. The SMILES string of the molecule is CC(=O)N1CCN(C(=O)Nc2cc(Nc3ncc(-c4ccc(OC(F)F)cc4)cn3)ccc2C)CC1C.CC(=O)N1CCNCC1C(F)(F)F.CSC.Cc1ccc(Nc2ncc(-c3ccc(OC(F)F)cc3)cn2)cc1N.Cc1ccc(Nc2ncc(-c3ccc(OC(F)F)cc3)cn2)cc1NC(=O)N1CCNC(C(F)(F)F)C1.O=C(Cl)Oc1ccc([N+](=O)[O-])cc1.[2HH].[2H][2H].[2H][2H].[2H][2H].[2H][2H].[2H][2H]. The zero-order valence-electron chi connectivity index (χ0n) is 79.5. The fourth-order valence-electron chi connectivity index (χ4n) is 12.1. The minimum atomic E-state index is -4.44. The molecule has 694 valence electrons. The summed E-state index contributed by atoms with van der Waals surface area (Å²) >= 11 is 6.67. The average Bonchev–Trinajstić information content (AvgIpc) is 0.830. The van der Waals surface area contributed by atoms with Crippen LogP contribution in [0, 0.1) is 30.9 Å². The predicted octanol–water partition coefficient (Wildman–Crippen LogP) is 19.6. The van der Waals surface area contributed by atoms with E-state index < -0.39 is 73.1 Å². The molecule has 6 amide bonds. The summed E-state index contributed by atoms with van der Waals surface area (Å²) in [6.45, 7) is 3.10. The first-order valence-electron chi connectivity index (χ1n) is 43.5. The number of rotatable bonds is 19. The van der Waals surface area contributed by atoms with Gasteiger partial charge in [0.2, 0.25) is 29.7 Å². The minimum Gasteiger partial charge on any atom is -0.435 e. The molecule has 0 radical (unpaired) electrons. The van der Waals surface area contributed by atoms with Crippen LogP contribution in [0.15, 0.2) is 189 Å². The predicted molar refractivity (Wildman–Crippen MR) is 473 cm³/mol. The van der Waals surface area contributed by atoms with E-state index in [0.717, 1.165) is 55.8 Å². The number of nitro benzene ring substituents is 1. The lowest BCUT2D eigenvalue weighted by Gasteiger charge is -2.39. The molecule has 44 heteroatoms. The number of nitro groups is 1. The highest BCUT2D eigenvalue weighted by atomic mass is 35.5. The highest BCUT2D eigenvalue weighted by Crippen LogP contribution is 2.33. The van der Waals surface area contributed by atoms with Crippen molar-refractivity contribution >= 4 is 110 Å². The zero-order chi connectivity index (χ0) is 104. The third-order valence-corrected chi connectivity index (χ3v) is 18.7. The molecular weight excluding hydrogens is 1750 g/mol. The molecule has 3 aliphatic rings. The van der Waals surface area contributed by atoms with Crippen molar-refractivity contribution < 1.29 is 117 Å². The number of aryl methyl sites for hydroxylation is 3. The van der Waals surface area contributed by atoms with Crippen LogP contribution in [-0.4, -0.2) is 205 Å². The Morgan fingerprint density at radius 1 is 0.523 bits per heavy atom. The smallest absolute Gasteiger partial charge is 0.410 e. The van der Waals surface area contributed by atoms with Gasteiger partial charge in [-0.2, -0.15) is 64.4 Å². The quantitative estimate of drug-likeness (QED) is 0.0123. The molecule has 6 heterocycles. The van der Waals surface area contributed by atoms with Crippen molar-refractivity contribution in [3.05, 3.63) is 216 Å². The third kappa shape index (κ3) is 31.8. The van der Waals surface area contributed by atoms with Crippen molar-refractivity contribution in [2.24, 2.45) is 0 Å². The number of hydrogen-bond acceptors (Lipinski definition) is 24. The van der Waals surface area contributed by atoms with Gasteiger partial charge in [0.1, 0.15) is 35.1 Å².